The van der Waals surface area contributed by atoms with Crippen LogP contribution in [0.2, 0.25) is 0 Å². The minimum Gasteiger partial charge on any atom is -0.355 e. The predicted octanol–water partition coefficient (Wildman–Crippen LogP) is 3.50. The molecule has 1 fully saturated rings. The maximum absolute atomic E-state index is 13.1. The summed E-state index contributed by atoms with van der Waals surface area (Å²) in [7, 11) is 1.59. The van der Waals surface area contributed by atoms with E-state index in [0.29, 0.717) is 11.3 Å². The molecular weight excluding hydrogens is 300 g/mol. The number of benzene rings is 2. The van der Waals surface area contributed by atoms with Crippen LogP contribution in [0, 0.1) is 0 Å². The Kier molecular flexibility index (Phi) is 4.65. The standard InChI is InChI=1S/C20H22N2O2/c1-21-18(23)15-8-7-11-17(14-15)22-19(24)20(12-5-6-13-20)16-9-3-2-4-10-16/h2-4,7-11,14H,5-6,12-13H2,1H3,(H,21,23)(H,22,24). The minimum atomic E-state index is -0.468. The van der Waals surface area contributed by atoms with Crippen molar-refractivity contribution in [1.29, 1.82) is 0 Å². The van der Waals surface area contributed by atoms with E-state index < -0.39 is 5.41 Å². The molecule has 3 rings (SSSR count). The van der Waals surface area contributed by atoms with Gasteiger partial charge in [-0.3, -0.25) is 9.59 Å². The molecule has 4 heteroatoms. The van der Waals surface area contributed by atoms with Crippen molar-refractivity contribution in [3.63, 3.8) is 0 Å². The van der Waals surface area contributed by atoms with Gasteiger partial charge in [0.15, 0.2) is 0 Å². The van der Waals surface area contributed by atoms with Crippen LogP contribution in [0.15, 0.2) is 54.6 Å². The van der Waals surface area contributed by atoms with E-state index in [2.05, 4.69) is 10.6 Å². The van der Waals surface area contributed by atoms with Crippen molar-refractivity contribution < 1.29 is 9.59 Å². The third kappa shape index (κ3) is 3.04. The van der Waals surface area contributed by atoms with Gasteiger partial charge in [0.2, 0.25) is 5.91 Å². The number of nitrogens with one attached hydrogen (secondary N) is 2. The molecule has 0 saturated heterocycles. The molecule has 2 aromatic carbocycles. The van der Waals surface area contributed by atoms with E-state index in [9.17, 15) is 9.59 Å². The molecule has 24 heavy (non-hydrogen) atoms. The Labute approximate surface area is 142 Å². The average molecular weight is 322 g/mol. The Morgan fingerprint density at radius 2 is 1.67 bits per heavy atom. The number of hydrogen-bond acceptors (Lipinski definition) is 2. The summed E-state index contributed by atoms with van der Waals surface area (Å²) in [6.07, 6.45) is 3.83. The lowest BCUT2D eigenvalue weighted by Gasteiger charge is -2.28. The van der Waals surface area contributed by atoms with Gasteiger partial charge in [0.05, 0.1) is 5.41 Å². The fourth-order valence-electron chi connectivity index (χ4n) is 3.52. The highest BCUT2D eigenvalue weighted by atomic mass is 16.2. The van der Waals surface area contributed by atoms with E-state index in [1.807, 2.05) is 36.4 Å². The van der Waals surface area contributed by atoms with Crippen molar-refractivity contribution in [1.82, 2.24) is 5.32 Å². The summed E-state index contributed by atoms with van der Waals surface area (Å²) in [5.41, 5.74) is 1.80. The van der Waals surface area contributed by atoms with Crippen LogP contribution in [0.25, 0.3) is 0 Å². The summed E-state index contributed by atoms with van der Waals surface area (Å²) in [4.78, 5) is 24.8. The summed E-state index contributed by atoms with van der Waals surface area (Å²) in [6.45, 7) is 0. The molecule has 4 nitrogen and oxygen atoms in total. The van der Waals surface area contributed by atoms with Gasteiger partial charge in [0.25, 0.3) is 5.91 Å². The summed E-state index contributed by atoms with van der Waals surface area (Å²) in [6, 6.07) is 17.0. The molecule has 0 aliphatic heterocycles. The van der Waals surface area contributed by atoms with Crippen LogP contribution in [0.3, 0.4) is 0 Å². The number of hydrogen-bond donors (Lipinski definition) is 2. The largest absolute Gasteiger partial charge is 0.355 e. The lowest BCUT2D eigenvalue weighted by Crippen LogP contribution is -2.38. The summed E-state index contributed by atoms with van der Waals surface area (Å²) >= 11 is 0. The number of amides is 2. The number of rotatable bonds is 4. The molecule has 0 atom stereocenters. The highest BCUT2D eigenvalue weighted by molar-refractivity contribution is 6.01. The van der Waals surface area contributed by atoms with E-state index in [1.54, 1.807) is 25.2 Å². The van der Waals surface area contributed by atoms with E-state index in [1.165, 1.54) is 0 Å². The molecular formula is C20H22N2O2. The fourth-order valence-corrected chi connectivity index (χ4v) is 3.52. The van der Waals surface area contributed by atoms with Gasteiger partial charge in [-0.15, -0.1) is 0 Å². The normalized spacial score (nSPS) is 15.7. The van der Waals surface area contributed by atoms with Gasteiger partial charge in [0, 0.05) is 18.3 Å². The average Bonchev–Trinajstić information content (AvgIpc) is 3.13. The van der Waals surface area contributed by atoms with E-state index in [0.717, 1.165) is 31.2 Å². The first kappa shape index (κ1) is 16.2. The minimum absolute atomic E-state index is 0.0141. The topological polar surface area (TPSA) is 58.2 Å². The third-order valence-corrected chi connectivity index (χ3v) is 4.83. The van der Waals surface area contributed by atoms with Crippen molar-refractivity contribution in [2.45, 2.75) is 31.1 Å². The molecule has 0 aromatic heterocycles. The molecule has 2 N–H and O–H groups in total. The molecule has 2 amide bonds. The molecule has 1 aliphatic carbocycles. The van der Waals surface area contributed by atoms with Gasteiger partial charge < -0.3 is 10.6 Å². The quantitative estimate of drug-likeness (QED) is 0.905. The Balaban J connectivity index is 1.86. The molecule has 0 radical (unpaired) electrons. The highest BCUT2D eigenvalue weighted by Gasteiger charge is 2.42. The highest BCUT2D eigenvalue weighted by Crippen LogP contribution is 2.42. The van der Waals surface area contributed by atoms with Gasteiger partial charge >= 0.3 is 0 Å². The SMILES string of the molecule is CNC(=O)c1cccc(NC(=O)C2(c3ccccc3)CCCC2)c1. The van der Waals surface area contributed by atoms with Gasteiger partial charge in [-0.1, -0.05) is 49.2 Å². The van der Waals surface area contributed by atoms with Gasteiger partial charge in [-0.2, -0.15) is 0 Å². The Morgan fingerprint density at radius 1 is 0.958 bits per heavy atom. The Bertz CT molecular complexity index is 734. The summed E-state index contributed by atoms with van der Waals surface area (Å²) < 4.78 is 0. The zero-order valence-electron chi connectivity index (χ0n) is 13.8. The third-order valence-electron chi connectivity index (χ3n) is 4.83. The first-order valence-electron chi connectivity index (χ1n) is 8.35. The lowest BCUT2D eigenvalue weighted by molar-refractivity contribution is -0.121. The summed E-state index contributed by atoms with van der Waals surface area (Å²) in [5.74, 6) is -0.148. The van der Waals surface area contributed by atoms with Crippen LogP contribution < -0.4 is 10.6 Å². The van der Waals surface area contributed by atoms with Crippen molar-refractivity contribution in [2.24, 2.45) is 0 Å². The van der Waals surface area contributed by atoms with E-state index in [4.69, 9.17) is 0 Å². The number of carbonyl (C=O) groups is 2. The van der Waals surface area contributed by atoms with Crippen LogP contribution in [0.1, 0.15) is 41.6 Å². The smallest absolute Gasteiger partial charge is 0.251 e. The van der Waals surface area contributed by atoms with Crippen LogP contribution >= 0.6 is 0 Å². The first-order chi connectivity index (χ1) is 11.7. The van der Waals surface area contributed by atoms with Crippen LogP contribution in [-0.2, 0) is 10.2 Å². The van der Waals surface area contributed by atoms with Crippen molar-refractivity contribution in [3.05, 3.63) is 65.7 Å². The monoisotopic (exact) mass is 322 g/mol. The van der Waals surface area contributed by atoms with Crippen molar-refractivity contribution >= 4 is 17.5 Å². The zero-order valence-corrected chi connectivity index (χ0v) is 13.8. The van der Waals surface area contributed by atoms with Crippen LogP contribution in [0.4, 0.5) is 5.69 Å². The maximum atomic E-state index is 13.1. The van der Waals surface area contributed by atoms with Gasteiger partial charge in [-0.05, 0) is 36.6 Å². The second kappa shape index (κ2) is 6.87. The fraction of sp³-hybridized carbons (Fsp3) is 0.300. The van der Waals surface area contributed by atoms with E-state index >= 15 is 0 Å². The molecule has 1 saturated carbocycles. The summed E-state index contributed by atoms with van der Waals surface area (Å²) in [5, 5.41) is 5.62. The molecule has 0 bridgehead atoms. The Hall–Kier alpha value is -2.62. The Morgan fingerprint density at radius 3 is 2.33 bits per heavy atom. The molecule has 124 valence electrons. The van der Waals surface area contributed by atoms with Crippen LogP contribution in [0.5, 0.6) is 0 Å². The zero-order chi connectivity index (χ0) is 17.0. The molecule has 0 spiro atoms. The molecule has 0 unspecified atom stereocenters. The van der Waals surface area contributed by atoms with Crippen molar-refractivity contribution in [2.75, 3.05) is 12.4 Å². The maximum Gasteiger partial charge on any atom is 0.251 e. The second-order valence-electron chi connectivity index (χ2n) is 6.27. The number of anilines is 1. The van der Waals surface area contributed by atoms with Gasteiger partial charge in [0.1, 0.15) is 0 Å². The predicted molar refractivity (Wildman–Crippen MR) is 95.0 cm³/mol. The second-order valence-corrected chi connectivity index (χ2v) is 6.27. The first-order valence-corrected chi connectivity index (χ1v) is 8.35. The molecule has 2 aromatic rings. The molecule has 0 heterocycles. The van der Waals surface area contributed by atoms with Crippen molar-refractivity contribution in [3.8, 4) is 0 Å². The molecule has 1 aliphatic rings. The number of carbonyl (C=O) groups excluding carboxylic acids is 2. The van der Waals surface area contributed by atoms with Crippen LogP contribution in [-0.4, -0.2) is 18.9 Å². The van der Waals surface area contributed by atoms with Gasteiger partial charge in [-0.25, -0.2) is 0 Å². The van der Waals surface area contributed by atoms with E-state index in [-0.39, 0.29) is 11.8 Å². The lowest BCUT2D eigenvalue weighted by atomic mass is 9.78.